The first-order valence-electron chi connectivity index (χ1n) is 9.36. The number of benzene rings is 3. The average Bonchev–Trinajstić information content (AvgIpc) is 2.79. The van der Waals surface area contributed by atoms with Crippen molar-refractivity contribution < 1.29 is 14.4 Å². The van der Waals surface area contributed by atoms with E-state index in [0.29, 0.717) is 41.9 Å². The summed E-state index contributed by atoms with van der Waals surface area (Å²) in [6.45, 7) is 1.05. The van der Waals surface area contributed by atoms with Crippen LogP contribution >= 0.6 is 0 Å². The fourth-order valence-corrected chi connectivity index (χ4v) is 3.29. The van der Waals surface area contributed by atoms with E-state index in [2.05, 4.69) is 15.3 Å². The van der Waals surface area contributed by atoms with Crippen LogP contribution < -0.4 is 14.8 Å². The van der Waals surface area contributed by atoms with Crippen LogP contribution in [-0.2, 0) is 0 Å². The summed E-state index contributed by atoms with van der Waals surface area (Å²) in [6.07, 6.45) is 0. The molecule has 148 valence electrons. The number of hydrogen-bond donors (Lipinski definition) is 1. The molecule has 1 aliphatic rings. The standard InChI is InChI=1S/C22H16N4O4/c27-26(28)16-8-5-14(6-9-16)21-24-18-4-2-1-3-17(18)22(25-21)23-15-7-10-19-20(13-15)30-12-11-29-19/h1-10,13H,11-12H2,(H,23,24,25). The quantitative estimate of drug-likeness (QED) is 0.391. The maximum Gasteiger partial charge on any atom is 0.269 e. The summed E-state index contributed by atoms with van der Waals surface area (Å²) in [4.78, 5) is 19.8. The number of rotatable bonds is 4. The molecule has 2 heterocycles. The number of fused-ring (bicyclic) bond motifs is 2. The smallest absolute Gasteiger partial charge is 0.269 e. The number of nitro groups is 1. The molecular formula is C22H16N4O4. The van der Waals surface area contributed by atoms with Gasteiger partial charge in [0, 0.05) is 34.8 Å². The summed E-state index contributed by atoms with van der Waals surface area (Å²) < 4.78 is 11.2. The van der Waals surface area contributed by atoms with Crippen molar-refractivity contribution in [3.63, 3.8) is 0 Å². The molecule has 0 spiro atoms. The highest BCUT2D eigenvalue weighted by atomic mass is 16.6. The molecule has 0 radical (unpaired) electrons. The van der Waals surface area contributed by atoms with Crippen LogP contribution in [0.15, 0.2) is 66.7 Å². The van der Waals surface area contributed by atoms with Gasteiger partial charge in [0.2, 0.25) is 0 Å². The van der Waals surface area contributed by atoms with Crippen molar-refractivity contribution in [1.29, 1.82) is 0 Å². The van der Waals surface area contributed by atoms with Gasteiger partial charge in [-0.3, -0.25) is 10.1 Å². The van der Waals surface area contributed by atoms with Crippen LogP contribution in [0.1, 0.15) is 0 Å². The Balaban J connectivity index is 1.56. The van der Waals surface area contributed by atoms with Gasteiger partial charge in [0.15, 0.2) is 17.3 Å². The second-order valence-corrected chi connectivity index (χ2v) is 6.70. The third-order valence-electron chi connectivity index (χ3n) is 4.74. The van der Waals surface area contributed by atoms with Crippen molar-refractivity contribution in [2.45, 2.75) is 0 Å². The number of ether oxygens (including phenoxy) is 2. The van der Waals surface area contributed by atoms with Gasteiger partial charge in [-0.25, -0.2) is 9.97 Å². The van der Waals surface area contributed by atoms with Crippen molar-refractivity contribution in [3.05, 3.63) is 76.8 Å². The summed E-state index contributed by atoms with van der Waals surface area (Å²) in [5, 5.41) is 15.1. The summed E-state index contributed by atoms with van der Waals surface area (Å²) in [5.41, 5.74) is 2.28. The third kappa shape index (κ3) is 3.35. The lowest BCUT2D eigenvalue weighted by molar-refractivity contribution is -0.384. The molecule has 0 atom stereocenters. The molecule has 0 unspecified atom stereocenters. The molecule has 8 nitrogen and oxygen atoms in total. The predicted molar refractivity (Wildman–Crippen MR) is 112 cm³/mol. The van der Waals surface area contributed by atoms with Crippen molar-refractivity contribution >= 4 is 28.1 Å². The van der Waals surface area contributed by atoms with Gasteiger partial charge in [-0.05, 0) is 36.4 Å². The number of non-ortho nitro benzene ring substituents is 1. The highest BCUT2D eigenvalue weighted by Gasteiger charge is 2.14. The number of nitrogens with zero attached hydrogens (tertiary/aromatic N) is 3. The van der Waals surface area contributed by atoms with Gasteiger partial charge in [-0.15, -0.1) is 0 Å². The Kier molecular flexibility index (Phi) is 4.36. The molecule has 1 N–H and O–H groups in total. The lowest BCUT2D eigenvalue weighted by Gasteiger charge is -2.19. The highest BCUT2D eigenvalue weighted by Crippen LogP contribution is 2.35. The lowest BCUT2D eigenvalue weighted by atomic mass is 10.1. The summed E-state index contributed by atoms with van der Waals surface area (Å²) in [7, 11) is 0. The van der Waals surface area contributed by atoms with Crippen LogP contribution in [0.5, 0.6) is 11.5 Å². The van der Waals surface area contributed by atoms with E-state index in [4.69, 9.17) is 9.47 Å². The largest absolute Gasteiger partial charge is 0.486 e. The molecule has 5 rings (SSSR count). The summed E-state index contributed by atoms with van der Waals surface area (Å²) >= 11 is 0. The van der Waals surface area contributed by atoms with E-state index in [1.807, 2.05) is 42.5 Å². The van der Waals surface area contributed by atoms with Crippen LogP contribution in [0.3, 0.4) is 0 Å². The van der Waals surface area contributed by atoms with Gasteiger partial charge in [0.1, 0.15) is 19.0 Å². The molecule has 1 aromatic heterocycles. The molecule has 0 amide bonds. The second kappa shape index (κ2) is 7.32. The van der Waals surface area contributed by atoms with Gasteiger partial charge in [0.05, 0.1) is 10.4 Å². The summed E-state index contributed by atoms with van der Waals surface area (Å²) in [6, 6.07) is 19.5. The van der Waals surface area contributed by atoms with E-state index in [-0.39, 0.29) is 5.69 Å². The van der Waals surface area contributed by atoms with E-state index in [1.165, 1.54) is 12.1 Å². The number of aromatic nitrogens is 2. The normalized spacial score (nSPS) is 12.5. The van der Waals surface area contributed by atoms with E-state index < -0.39 is 4.92 Å². The Bertz CT molecular complexity index is 1260. The topological polar surface area (TPSA) is 99.4 Å². The maximum atomic E-state index is 10.9. The molecule has 4 aromatic rings. The van der Waals surface area contributed by atoms with Crippen LogP contribution in [0, 0.1) is 10.1 Å². The number of hydrogen-bond acceptors (Lipinski definition) is 7. The SMILES string of the molecule is O=[N+]([O-])c1ccc(-c2nc(Nc3ccc4c(c3)OCCO4)c3ccccc3n2)cc1. The van der Waals surface area contributed by atoms with Gasteiger partial charge in [-0.2, -0.15) is 0 Å². The highest BCUT2D eigenvalue weighted by molar-refractivity contribution is 5.92. The average molecular weight is 400 g/mol. The number of nitrogens with one attached hydrogen (secondary N) is 1. The fraction of sp³-hybridized carbons (Fsp3) is 0.0909. The van der Waals surface area contributed by atoms with Gasteiger partial charge >= 0.3 is 0 Å². The van der Waals surface area contributed by atoms with E-state index in [1.54, 1.807) is 12.1 Å². The zero-order valence-electron chi connectivity index (χ0n) is 15.7. The van der Waals surface area contributed by atoms with Gasteiger partial charge < -0.3 is 14.8 Å². The molecule has 0 fully saturated rings. The minimum absolute atomic E-state index is 0.0224. The first-order chi connectivity index (χ1) is 14.7. The fourth-order valence-electron chi connectivity index (χ4n) is 3.29. The number of anilines is 2. The molecule has 3 aromatic carbocycles. The Morgan fingerprint density at radius 1 is 0.900 bits per heavy atom. The van der Waals surface area contributed by atoms with Crippen LogP contribution in [-0.4, -0.2) is 28.1 Å². The monoisotopic (exact) mass is 400 g/mol. The third-order valence-corrected chi connectivity index (χ3v) is 4.74. The molecule has 1 aliphatic heterocycles. The van der Waals surface area contributed by atoms with Crippen LogP contribution in [0.25, 0.3) is 22.3 Å². The zero-order chi connectivity index (χ0) is 20.5. The Hall–Kier alpha value is -4.20. The first kappa shape index (κ1) is 17.9. The van der Waals surface area contributed by atoms with Crippen molar-refractivity contribution in [2.24, 2.45) is 0 Å². The summed E-state index contributed by atoms with van der Waals surface area (Å²) in [5.74, 6) is 2.50. The molecule has 0 saturated heterocycles. The van der Waals surface area contributed by atoms with E-state index in [0.717, 1.165) is 16.6 Å². The Morgan fingerprint density at radius 2 is 1.67 bits per heavy atom. The van der Waals surface area contributed by atoms with Crippen molar-refractivity contribution in [2.75, 3.05) is 18.5 Å². The first-order valence-corrected chi connectivity index (χ1v) is 9.36. The Morgan fingerprint density at radius 3 is 2.47 bits per heavy atom. The van der Waals surface area contributed by atoms with Gasteiger partial charge in [-0.1, -0.05) is 12.1 Å². The Labute approximate surface area is 171 Å². The molecule has 30 heavy (non-hydrogen) atoms. The van der Waals surface area contributed by atoms with Crippen LogP contribution in [0.2, 0.25) is 0 Å². The van der Waals surface area contributed by atoms with Crippen LogP contribution in [0.4, 0.5) is 17.2 Å². The van der Waals surface area contributed by atoms with E-state index in [9.17, 15) is 10.1 Å². The minimum atomic E-state index is -0.431. The minimum Gasteiger partial charge on any atom is -0.486 e. The zero-order valence-corrected chi connectivity index (χ0v) is 15.7. The molecule has 0 saturated carbocycles. The number of para-hydroxylation sites is 1. The molecular weight excluding hydrogens is 384 g/mol. The second-order valence-electron chi connectivity index (χ2n) is 6.70. The van der Waals surface area contributed by atoms with E-state index >= 15 is 0 Å². The molecule has 8 heteroatoms. The lowest BCUT2D eigenvalue weighted by Crippen LogP contribution is -2.15. The number of nitro benzene ring substituents is 1. The maximum absolute atomic E-state index is 10.9. The predicted octanol–water partition coefficient (Wildman–Crippen LogP) is 4.72. The van der Waals surface area contributed by atoms with Crippen molar-refractivity contribution in [3.8, 4) is 22.9 Å². The van der Waals surface area contributed by atoms with Gasteiger partial charge in [0.25, 0.3) is 5.69 Å². The van der Waals surface area contributed by atoms with Crippen molar-refractivity contribution in [1.82, 2.24) is 9.97 Å². The molecule has 0 bridgehead atoms. The molecule has 0 aliphatic carbocycles.